The molecule has 2 N–H and O–H groups in total. The summed E-state index contributed by atoms with van der Waals surface area (Å²) < 4.78 is 25.5. The molecular weight excluding hydrogens is 278 g/mol. The maximum atomic E-state index is 12.3. The Labute approximate surface area is 117 Å². The van der Waals surface area contributed by atoms with Gasteiger partial charge in [-0.25, -0.2) is 0 Å². The van der Waals surface area contributed by atoms with E-state index in [9.17, 15) is 13.2 Å². The molecule has 0 aliphatic carbocycles. The van der Waals surface area contributed by atoms with Gasteiger partial charge in [0.1, 0.15) is 0 Å². The van der Waals surface area contributed by atoms with E-state index in [0.29, 0.717) is 12.1 Å². The summed E-state index contributed by atoms with van der Waals surface area (Å²) >= 11 is 0. The smallest absolute Gasteiger partial charge is 0.282 e. The molecule has 1 aromatic heterocycles. The SMILES string of the molecule is Cc1ccc(S(=O)(=O)n2ccc(CCC(N)=O)n2)cc1. The predicted octanol–water partition coefficient (Wildman–Crippen LogP) is 0.846. The van der Waals surface area contributed by atoms with Crippen molar-refractivity contribution in [3.05, 3.63) is 47.8 Å². The van der Waals surface area contributed by atoms with Crippen molar-refractivity contribution >= 4 is 15.9 Å². The van der Waals surface area contributed by atoms with Crippen LogP contribution in [0.5, 0.6) is 0 Å². The number of benzene rings is 1. The molecule has 1 amide bonds. The van der Waals surface area contributed by atoms with Crippen molar-refractivity contribution in [3.63, 3.8) is 0 Å². The first kappa shape index (κ1) is 14.3. The molecular formula is C13H15N3O3S. The quantitative estimate of drug-likeness (QED) is 0.884. The lowest BCUT2D eigenvalue weighted by Gasteiger charge is -2.04. The van der Waals surface area contributed by atoms with Gasteiger partial charge in [0.05, 0.1) is 10.6 Å². The summed E-state index contributed by atoms with van der Waals surface area (Å²) in [6.45, 7) is 1.88. The Morgan fingerprint density at radius 3 is 2.50 bits per heavy atom. The highest BCUT2D eigenvalue weighted by atomic mass is 32.2. The second-order valence-corrected chi connectivity index (χ2v) is 6.26. The van der Waals surface area contributed by atoms with E-state index < -0.39 is 15.9 Å². The maximum Gasteiger partial charge on any atom is 0.282 e. The van der Waals surface area contributed by atoms with Crippen molar-refractivity contribution in [2.24, 2.45) is 5.73 Å². The van der Waals surface area contributed by atoms with E-state index in [0.717, 1.165) is 9.65 Å². The number of amides is 1. The van der Waals surface area contributed by atoms with Crippen LogP contribution in [0.25, 0.3) is 0 Å². The van der Waals surface area contributed by atoms with Crippen LogP contribution in [0.1, 0.15) is 17.7 Å². The van der Waals surface area contributed by atoms with Crippen molar-refractivity contribution < 1.29 is 13.2 Å². The van der Waals surface area contributed by atoms with Crippen LogP contribution in [-0.4, -0.2) is 23.5 Å². The van der Waals surface area contributed by atoms with Gasteiger partial charge in [0, 0.05) is 19.0 Å². The lowest BCUT2D eigenvalue weighted by Crippen LogP contribution is -2.15. The molecule has 0 aliphatic heterocycles. The van der Waals surface area contributed by atoms with E-state index in [1.54, 1.807) is 18.2 Å². The summed E-state index contributed by atoms with van der Waals surface area (Å²) in [5, 5.41) is 3.97. The number of nitrogens with two attached hydrogens (primary N) is 1. The third-order valence-electron chi connectivity index (χ3n) is 2.81. The number of carbonyl (C=O) groups is 1. The zero-order chi connectivity index (χ0) is 14.8. The van der Waals surface area contributed by atoms with Crippen molar-refractivity contribution in [1.82, 2.24) is 9.19 Å². The molecule has 0 spiro atoms. The monoisotopic (exact) mass is 293 g/mol. The third-order valence-corrected chi connectivity index (χ3v) is 4.38. The summed E-state index contributed by atoms with van der Waals surface area (Å²) in [7, 11) is -3.68. The van der Waals surface area contributed by atoms with Gasteiger partial charge in [-0.3, -0.25) is 4.79 Å². The summed E-state index contributed by atoms with van der Waals surface area (Å²) in [6, 6.07) is 8.09. The first-order valence-corrected chi connectivity index (χ1v) is 7.49. The molecule has 106 valence electrons. The van der Waals surface area contributed by atoms with Gasteiger partial charge in [0.2, 0.25) is 5.91 Å². The number of rotatable bonds is 5. The average Bonchev–Trinajstić information content (AvgIpc) is 2.86. The highest BCUT2D eigenvalue weighted by Crippen LogP contribution is 2.14. The number of primary amides is 1. The van der Waals surface area contributed by atoms with Crippen LogP contribution in [0.4, 0.5) is 0 Å². The standard InChI is InChI=1S/C13H15N3O3S/c1-10-2-5-12(6-3-10)20(18,19)16-9-8-11(15-16)4-7-13(14)17/h2-3,5-6,8-9H,4,7H2,1H3,(H2,14,17). The second-order valence-electron chi connectivity index (χ2n) is 4.46. The van der Waals surface area contributed by atoms with E-state index in [1.807, 2.05) is 6.92 Å². The normalized spacial score (nSPS) is 11.4. The Morgan fingerprint density at radius 2 is 1.90 bits per heavy atom. The van der Waals surface area contributed by atoms with Crippen LogP contribution >= 0.6 is 0 Å². The molecule has 6 nitrogen and oxygen atoms in total. The minimum absolute atomic E-state index is 0.140. The molecule has 20 heavy (non-hydrogen) atoms. The van der Waals surface area contributed by atoms with Crippen LogP contribution in [0.15, 0.2) is 41.4 Å². The number of carbonyl (C=O) groups excluding carboxylic acids is 1. The topological polar surface area (TPSA) is 95.0 Å². The first-order valence-electron chi connectivity index (χ1n) is 6.05. The van der Waals surface area contributed by atoms with E-state index in [2.05, 4.69) is 5.10 Å². The molecule has 0 radical (unpaired) electrons. The highest BCUT2D eigenvalue weighted by Gasteiger charge is 2.17. The fraction of sp³-hybridized carbons (Fsp3) is 0.231. The molecule has 1 aromatic carbocycles. The fourth-order valence-electron chi connectivity index (χ4n) is 1.68. The Balaban J connectivity index is 2.26. The third kappa shape index (κ3) is 3.05. The molecule has 7 heteroatoms. The van der Waals surface area contributed by atoms with Gasteiger partial charge in [0.25, 0.3) is 10.0 Å². The van der Waals surface area contributed by atoms with Crippen LogP contribution < -0.4 is 5.73 Å². The number of hydrogen-bond acceptors (Lipinski definition) is 4. The summed E-state index contributed by atoms with van der Waals surface area (Å²) in [4.78, 5) is 10.9. The van der Waals surface area contributed by atoms with Crippen LogP contribution in [0.3, 0.4) is 0 Å². The number of hydrogen-bond donors (Lipinski definition) is 1. The second kappa shape index (κ2) is 5.46. The number of aromatic nitrogens is 2. The number of nitrogens with zero attached hydrogens (tertiary/aromatic N) is 2. The highest BCUT2D eigenvalue weighted by molar-refractivity contribution is 7.89. The number of aryl methyl sites for hydroxylation is 2. The van der Waals surface area contributed by atoms with E-state index in [-0.39, 0.29) is 11.3 Å². The summed E-state index contributed by atoms with van der Waals surface area (Å²) in [6.07, 6.45) is 1.83. The van der Waals surface area contributed by atoms with Crippen LogP contribution in [0, 0.1) is 6.92 Å². The van der Waals surface area contributed by atoms with Gasteiger partial charge in [-0.05, 0) is 25.1 Å². The maximum absolute atomic E-state index is 12.3. The molecule has 0 aliphatic rings. The lowest BCUT2D eigenvalue weighted by molar-refractivity contribution is -0.118. The van der Waals surface area contributed by atoms with Gasteiger partial charge in [-0.2, -0.15) is 17.6 Å². The zero-order valence-corrected chi connectivity index (χ0v) is 11.8. The van der Waals surface area contributed by atoms with Gasteiger partial charge >= 0.3 is 0 Å². The summed E-state index contributed by atoms with van der Waals surface area (Å²) in [5.74, 6) is -0.444. The Morgan fingerprint density at radius 1 is 1.25 bits per heavy atom. The van der Waals surface area contributed by atoms with Gasteiger partial charge in [-0.15, -0.1) is 0 Å². The van der Waals surface area contributed by atoms with Crippen molar-refractivity contribution in [1.29, 1.82) is 0 Å². The van der Waals surface area contributed by atoms with Gasteiger partial charge in [0.15, 0.2) is 0 Å². The van der Waals surface area contributed by atoms with Crippen molar-refractivity contribution in [3.8, 4) is 0 Å². The first-order chi connectivity index (χ1) is 9.39. The fourth-order valence-corrected chi connectivity index (χ4v) is 2.81. The van der Waals surface area contributed by atoms with Crippen LogP contribution in [0.2, 0.25) is 0 Å². The largest absolute Gasteiger partial charge is 0.370 e. The molecule has 1 heterocycles. The van der Waals surface area contributed by atoms with E-state index in [4.69, 9.17) is 5.73 Å². The lowest BCUT2D eigenvalue weighted by atomic mass is 10.2. The zero-order valence-electron chi connectivity index (χ0n) is 11.0. The molecule has 0 bridgehead atoms. The minimum Gasteiger partial charge on any atom is -0.370 e. The van der Waals surface area contributed by atoms with E-state index in [1.165, 1.54) is 18.3 Å². The molecule has 0 unspecified atom stereocenters. The molecule has 2 rings (SSSR count). The van der Waals surface area contributed by atoms with Gasteiger partial charge < -0.3 is 5.73 Å². The van der Waals surface area contributed by atoms with Crippen molar-refractivity contribution in [2.75, 3.05) is 0 Å². The Bertz CT molecular complexity index is 718. The van der Waals surface area contributed by atoms with Crippen LogP contribution in [-0.2, 0) is 21.2 Å². The van der Waals surface area contributed by atoms with Gasteiger partial charge in [-0.1, -0.05) is 17.7 Å². The Kier molecular flexibility index (Phi) is 3.89. The van der Waals surface area contributed by atoms with E-state index >= 15 is 0 Å². The Hall–Kier alpha value is -2.15. The minimum atomic E-state index is -3.68. The molecule has 0 saturated heterocycles. The molecule has 0 atom stereocenters. The molecule has 0 fully saturated rings. The summed E-state index contributed by atoms with van der Waals surface area (Å²) in [5.41, 5.74) is 6.54. The average molecular weight is 293 g/mol. The molecule has 0 saturated carbocycles. The predicted molar refractivity (Wildman–Crippen MR) is 73.5 cm³/mol. The molecule has 2 aromatic rings. The van der Waals surface area contributed by atoms with Crippen molar-refractivity contribution in [2.45, 2.75) is 24.7 Å².